The topological polar surface area (TPSA) is 29.1 Å². The van der Waals surface area contributed by atoms with E-state index in [1.165, 1.54) is 0 Å². The second-order valence-corrected chi connectivity index (χ2v) is 2.73. The first-order chi connectivity index (χ1) is 5.36. The van der Waals surface area contributed by atoms with E-state index in [2.05, 4.69) is 5.32 Å². The number of para-hydroxylation sites is 1. The average Bonchev–Trinajstić information content (AvgIpc) is 2.04. The molecule has 0 spiro atoms. The minimum atomic E-state index is 0.267. The third-order valence-corrected chi connectivity index (χ3v) is 1.88. The second-order valence-electron chi connectivity index (χ2n) is 2.73. The summed E-state index contributed by atoms with van der Waals surface area (Å²) in [5, 5.41) is 3.06. The Bertz CT molecular complexity index is 293. The first kappa shape index (κ1) is 6.40. The van der Waals surface area contributed by atoms with Gasteiger partial charge in [-0.15, -0.1) is 0 Å². The zero-order valence-electron chi connectivity index (χ0n) is 6.13. The Hall–Kier alpha value is -1.31. The van der Waals surface area contributed by atoms with Crippen LogP contribution in [0.1, 0.15) is 5.56 Å². The summed E-state index contributed by atoms with van der Waals surface area (Å²) >= 11 is 0. The predicted molar refractivity (Wildman–Crippen MR) is 43.6 cm³/mol. The summed E-state index contributed by atoms with van der Waals surface area (Å²) in [5.74, 6) is 0.267. The summed E-state index contributed by atoms with van der Waals surface area (Å²) in [6.07, 6.45) is 0.586. The van der Waals surface area contributed by atoms with E-state index in [0.717, 1.165) is 11.3 Å². The van der Waals surface area contributed by atoms with E-state index in [1.807, 2.05) is 24.3 Å². The van der Waals surface area contributed by atoms with Crippen molar-refractivity contribution in [3.63, 3.8) is 0 Å². The zero-order valence-corrected chi connectivity index (χ0v) is 6.13. The molecule has 11 heavy (non-hydrogen) atoms. The standard InChI is InChI=1S/C9H9NO/c11-8-5-7-3-1-2-4-9(7)10-6-8/h1-4,10H,5-6H2. The minimum absolute atomic E-state index is 0.267. The molecule has 1 aliphatic rings. The van der Waals surface area contributed by atoms with Crippen LogP contribution in [0.25, 0.3) is 0 Å². The molecule has 0 aliphatic carbocycles. The van der Waals surface area contributed by atoms with Crippen molar-refractivity contribution in [2.45, 2.75) is 6.42 Å². The molecule has 0 radical (unpaired) electrons. The number of benzene rings is 1. The van der Waals surface area contributed by atoms with Gasteiger partial charge in [0.25, 0.3) is 0 Å². The maximum Gasteiger partial charge on any atom is 0.156 e. The molecule has 0 atom stereocenters. The van der Waals surface area contributed by atoms with Gasteiger partial charge < -0.3 is 5.32 Å². The third-order valence-electron chi connectivity index (χ3n) is 1.88. The SMILES string of the molecule is O=C1CNc2ccccc2C1. The lowest BCUT2D eigenvalue weighted by molar-refractivity contribution is -0.117. The molecule has 1 aromatic carbocycles. The van der Waals surface area contributed by atoms with Gasteiger partial charge in [-0.1, -0.05) is 18.2 Å². The summed E-state index contributed by atoms with van der Waals surface area (Å²) in [4.78, 5) is 11.0. The Morgan fingerprint density at radius 3 is 3.00 bits per heavy atom. The van der Waals surface area contributed by atoms with Gasteiger partial charge in [0.15, 0.2) is 5.78 Å². The highest BCUT2D eigenvalue weighted by Gasteiger charge is 2.12. The highest BCUT2D eigenvalue weighted by molar-refractivity contribution is 5.89. The summed E-state index contributed by atoms with van der Waals surface area (Å²) in [5.41, 5.74) is 2.22. The van der Waals surface area contributed by atoms with Crippen LogP contribution >= 0.6 is 0 Å². The van der Waals surface area contributed by atoms with Gasteiger partial charge >= 0.3 is 0 Å². The summed E-state index contributed by atoms with van der Waals surface area (Å²) in [7, 11) is 0. The van der Waals surface area contributed by atoms with Gasteiger partial charge in [-0.05, 0) is 11.6 Å². The van der Waals surface area contributed by atoms with Crippen molar-refractivity contribution < 1.29 is 4.79 Å². The quantitative estimate of drug-likeness (QED) is 0.598. The summed E-state index contributed by atoms with van der Waals surface area (Å²) in [6, 6.07) is 7.92. The summed E-state index contributed by atoms with van der Waals surface area (Å²) < 4.78 is 0. The smallest absolute Gasteiger partial charge is 0.156 e. The molecule has 2 heteroatoms. The average molecular weight is 147 g/mol. The number of Topliss-reactive ketones (excluding diaryl/α,β-unsaturated/α-hetero) is 1. The van der Waals surface area contributed by atoms with Crippen molar-refractivity contribution >= 4 is 11.5 Å². The largest absolute Gasteiger partial charge is 0.378 e. The van der Waals surface area contributed by atoms with Crippen molar-refractivity contribution in [1.82, 2.24) is 0 Å². The van der Waals surface area contributed by atoms with Gasteiger partial charge in [0, 0.05) is 12.1 Å². The maximum atomic E-state index is 11.0. The predicted octanol–water partition coefficient (Wildman–Crippen LogP) is 1.22. The van der Waals surface area contributed by atoms with Crippen molar-refractivity contribution in [2.24, 2.45) is 0 Å². The van der Waals surface area contributed by atoms with Gasteiger partial charge in [-0.25, -0.2) is 0 Å². The van der Waals surface area contributed by atoms with Crippen LogP contribution in [0.5, 0.6) is 0 Å². The van der Waals surface area contributed by atoms with Crippen LogP contribution in [0, 0.1) is 0 Å². The Morgan fingerprint density at radius 2 is 2.09 bits per heavy atom. The molecule has 1 N–H and O–H groups in total. The van der Waals surface area contributed by atoms with Crippen LogP contribution in [0.15, 0.2) is 24.3 Å². The number of hydrogen-bond donors (Lipinski definition) is 1. The molecule has 0 fully saturated rings. The summed E-state index contributed by atoms with van der Waals surface area (Å²) in [6.45, 7) is 0.483. The Balaban J connectivity index is 2.41. The molecule has 1 aliphatic heterocycles. The lowest BCUT2D eigenvalue weighted by Crippen LogP contribution is -2.22. The molecule has 56 valence electrons. The van der Waals surface area contributed by atoms with E-state index in [9.17, 15) is 4.79 Å². The van der Waals surface area contributed by atoms with Crippen molar-refractivity contribution in [2.75, 3.05) is 11.9 Å². The lowest BCUT2D eigenvalue weighted by atomic mass is 10.0. The normalized spacial score (nSPS) is 15.5. The van der Waals surface area contributed by atoms with Gasteiger partial charge in [-0.3, -0.25) is 4.79 Å². The third kappa shape index (κ3) is 1.11. The van der Waals surface area contributed by atoms with Crippen LogP contribution < -0.4 is 5.32 Å². The van der Waals surface area contributed by atoms with Crippen molar-refractivity contribution in [3.8, 4) is 0 Å². The molecule has 1 aromatic rings. The Labute approximate surface area is 65.2 Å². The zero-order chi connectivity index (χ0) is 7.68. The van der Waals surface area contributed by atoms with Gasteiger partial charge in [0.05, 0.1) is 6.54 Å². The Kier molecular flexibility index (Phi) is 1.39. The number of ketones is 1. The first-order valence-electron chi connectivity index (χ1n) is 3.70. The van der Waals surface area contributed by atoms with E-state index < -0.39 is 0 Å². The molecule has 0 saturated carbocycles. The van der Waals surface area contributed by atoms with E-state index in [0.29, 0.717) is 13.0 Å². The highest BCUT2D eigenvalue weighted by Crippen LogP contribution is 2.18. The van der Waals surface area contributed by atoms with Gasteiger partial charge in [0.2, 0.25) is 0 Å². The number of fused-ring (bicyclic) bond motifs is 1. The van der Waals surface area contributed by atoms with Gasteiger partial charge in [-0.2, -0.15) is 0 Å². The maximum absolute atomic E-state index is 11.0. The molecule has 0 aromatic heterocycles. The van der Waals surface area contributed by atoms with Crippen LogP contribution in [-0.4, -0.2) is 12.3 Å². The fraction of sp³-hybridized carbons (Fsp3) is 0.222. The lowest BCUT2D eigenvalue weighted by Gasteiger charge is -2.15. The molecular weight excluding hydrogens is 138 g/mol. The van der Waals surface area contributed by atoms with E-state index in [4.69, 9.17) is 0 Å². The van der Waals surface area contributed by atoms with Gasteiger partial charge in [0.1, 0.15) is 0 Å². The second kappa shape index (κ2) is 2.38. The fourth-order valence-electron chi connectivity index (χ4n) is 1.32. The van der Waals surface area contributed by atoms with Crippen LogP contribution in [0.2, 0.25) is 0 Å². The van der Waals surface area contributed by atoms with E-state index in [1.54, 1.807) is 0 Å². The molecule has 0 bridgehead atoms. The fourth-order valence-corrected chi connectivity index (χ4v) is 1.32. The monoisotopic (exact) mass is 147 g/mol. The number of rotatable bonds is 0. The molecule has 2 rings (SSSR count). The Morgan fingerprint density at radius 1 is 1.27 bits per heavy atom. The molecule has 0 amide bonds. The molecule has 0 unspecified atom stereocenters. The van der Waals surface area contributed by atoms with E-state index >= 15 is 0 Å². The number of anilines is 1. The highest BCUT2D eigenvalue weighted by atomic mass is 16.1. The number of nitrogens with one attached hydrogen (secondary N) is 1. The minimum Gasteiger partial charge on any atom is -0.378 e. The molecule has 2 nitrogen and oxygen atoms in total. The van der Waals surface area contributed by atoms with E-state index in [-0.39, 0.29) is 5.78 Å². The first-order valence-corrected chi connectivity index (χ1v) is 3.70. The van der Waals surface area contributed by atoms with Crippen LogP contribution in [-0.2, 0) is 11.2 Å². The molecule has 0 saturated heterocycles. The molecule has 1 heterocycles. The number of carbonyl (C=O) groups is 1. The number of hydrogen-bond acceptors (Lipinski definition) is 2. The van der Waals surface area contributed by atoms with Crippen LogP contribution in [0.4, 0.5) is 5.69 Å². The molecular formula is C9H9NO. The number of carbonyl (C=O) groups excluding carboxylic acids is 1. The van der Waals surface area contributed by atoms with Crippen molar-refractivity contribution in [1.29, 1.82) is 0 Å². The van der Waals surface area contributed by atoms with Crippen LogP contribution in [0.3, 0.4) is 0 Å². The van der Waals surface area contributed by atoms with Crippen molar-refractivity contribution in [3.05, 3.63) is 29.8 Å².